The number of ether oxygens (including phenoxy) is 2. The number of rotatable bonds is 10. The molecule has 0 heterocycles. The fourth-order valence-corrected chi connectivity index (χ4v) is 2.43. The molecule has 0 radical (unpaired) electrons. The highest BCUT2D eigenvalue weighted by Gasteiger charge is 2.02. The highest BCUT2D eigenvalue weighted by Crippen LogP contribution is 2.23. The van der Waals surface area contributed by atoms with Crippen molar-refractivity contribution in [2.24, 2.45) is 0 Å². The smallest absolute Gasteiger partial charge is 0.333 e. The van der Waals surface area contributed by atoms with E-state index in [4.69, 9.17) is 9.47 Å². The minimum absolute atomic E-state index is 0.304. The molecule has 3 heteroatoms. The highest BCUT2D eigenvalue weighted by molar-refractivity contribution is 5.86. The van der Waals surface area contributed by atoms with Crippen LogP contribution in [0.2, 0.25) is 0 Å². The predicted octanol–water partition coefficient (Wildman–Crippen LogP) is 5.41. The summed E-state index contributed by atoms with van der Waals surface area (Å²) in [6.07, 6.45) is 3.95. The molecule has 0 spiro atoms. The first-order valence-electron chi connectivity index (χ1n) is 8.78. The monoisotopic (exact) mass is 338 g/mol. The number of carbonyl (C=O) groups excluding carboxylic acids is 1. The lowest BCUT2D eigenvalue weighted by Gasteiger charge is -2.08. The van der Waals surface area contributed by atoms with Crippen LogP contribution < -0.4 is 4.74 Å². The average molecular weight is 338 g/mol. The first-order valence-corrected chi connectivity index (χ1v) is 8.78. The van der Waals surface area contributed by atoms with Gasteiger partial charge in [-0.25, -0.2) is 4.79 Å². The molecule has 0 amide bonds. The maximum atomic E-state index is 11.2. The third-order valence-electron chi connectivity index (χ3n) is 3.83. The summed E-state index contributed by atoms with van der Waals surface area (Å²) in [5.41, 5.74) is 2.81. The Hall–Kier alpha value is -2.55. The summed E-state index contributed by atoms with van der Waals surface area (Å²) in [5, 5.41) is 0. The Labute approximate surface area is 150 Å². The van der Waals surface area contributed by atoms with Crippen LogP contribution in [0.25, 0.3) is 11.1 Å². The Morgan fingerprint density at radius 2 is 1.56 bits per heavy atom. The minimum Gasteiger partial charge on any atom is -0.494 e. The zero-order valence-electron chi connectivity index (χ0n) is 14.9. The van der Waals surface area contributed by atoms with Gasteiger partial charge in [0.2, 0.25) is 0 Å². The lowest BCUT2D eigenvalue weighted by atomic mass is 10.1. The second-order valence-corrected chi connectivity index (χ2v) is 6.07. The van der Waals surface area contributed by atoms with Gasteiger partial charge in [0.05, 0.1) is 13.2 Å². The van der Waals surface area contributed by atoms with Crippen LogP contribution in [0.1, 0.15) is 32.6 Å². The summed E-state index contributed by atoms with van der Waals surface area (Å²) >= 11 is 0. The molecular formula is C22H26O3. The van der Waals surface area contributed by atoms with Gasteiger partial charge < -0.3 is 9.47 Å². The molecule has 0 bridgehead atoms. The number of benzene rings is 2. The summed E-state index contributed by atoms with van der Waals surface area (Å²) in [6, 6.07) is 18.5. The standard InChI is InChI=1S/C22H26O3/c1-18(2)22(23)25-16-9-4-3-8-15-24-21-14-10-13-20(17-21)19-11-6-5-7-12-19/h5-7,10-14,17H,1,3-4,8-9,15-16H2,2H3. The fourth-order valence-electron chi connectivity index (χ4n) is 2.43. The van der Waals surface area contributed by atoms with Crippen LogP contribution >= 0.6 is 0 Å². The maximum absolute atomic E-state index is 11.2. The van der Waals surface area contributed by atoms with Crippen LogP contribution in [0.5, 0.6) is 5.75 Å². The third-order valence-corrected chi connectivity index (χ3v) is 3.83. The molecule has 25 heavy (non-hydrogen) atoms. The quantitative estimate of drug-likeness (QED) is 0.330. The van der Waals surface area contributed by atoms with Crippen LogP contribution in [0, 0.1) is 0 Å². The molecule has 2 rings (SSSR count). The van der Waals surface area contributed by atoms with Gasteiger partial charge >= 0.3 is 5.97 Å². The topological polar surface area (TPSA) is 35.5 Å². The van der Waals surface area contributed by atoms with Crippen LogP contribution in [0.3, 0.4) is 0 Å². The van der Waals surface area contributed by atoms with Gasteiger partial charge in [-0.2, -0.15) is 0 Å². The first-order chi connectivity index (χ1) is 12.2. The normalized spacial score (nSPS) is 10.3. The lowest BCUT2D eigenvalue weighted by molar-refractivity contribution is -0.139. The molecule has 0 aromatic heterocycles. The van der Waals surface area contributed by atoms with Crippen molar-refractivity contribution in [1.29, 1.82) is 0 Å². The molecule has 0 fully saturated rings. The van der Waals surface area contributed by atoms with Gasteiger partial charge in [-0.1, -0.05) is 49.0 Å². The Balaban J connectivity index is 1.62. The molecule has 0 N–H and O–H groups in total. The number of unbranched alkanes of at least 4 members (excludes halogenated alkanes) is 3. The molecule has 0 atom stereocenters. The number of hydrogen-bond acceptors (Lipinski definition) is 3. The minimum atomic E-state index is -0.304. The van der Waals surface area contributed by atoms with E-state index in [0.29, 0.717) is 18.8 Å². The molecule has 0 aliphatic heterocycles. The van der Waals surface area contributed by atoms with Crippen LogP contribution in [-0.4, -0.2) is 19.2 Å². The van der Waals surface area contributed by atoms with Crippen molar-refractivity contribution in [3.05, 3.63) is 66.7 Å². The molecule has 2 aromatic carbocycles. The van der Waals surface area contributed by atoms with Gasteiger partial charge in [0.25, 0.3) is 0 Å². The molecule has 3 nitrogen and oxygen atoms in total. The number of hydrogen-bond donors (Lipinski definition) is 0. The van der Waals surface area contributed by atoms with E-state index in [-0.39, 0.29) is 5.97 Å². The second-order valence-electron chi connectivity index (χ2n) is 6.07. The van der Waals surface area contributed by atoms with E-state index in [1.165, 1.54) is 5.56 Å². The van der Waals surface area contributed by atoms with Crippen molar-refractivity contribution in [1.82, 2.24) is 0 Å². The second kappa shape index (κ2) is 10.3. The Kier molecular flexibility index (Phi) is 7.77. The average Bonchev–Trinajstić information content (AvgIpc) is 2.64. The summed E-state index contributed by atoms with van der Waals surface area (Å²) in [7, 11) is 0. The zero-order valence-corrected chi connectivity index (χ0v) is 14.9. The molecular weight excluding hydrogens is 312 g/mol. The van der Waals surface area contributed by atoms with Gasteiger partial charge in [0, 0.05) is 5.57 Å². The SMILES string of the molecule is C=C(C)C(=O)OCCCCCCOc1cccc(-c2ccccc2)c1. The van der Waals surface area contributed by atoms with Gasteiger partial charge in [0.1, 0.15) is 5.75 Å². The van der Waals surface area contributed by atoms with E-state index in [1.54, 1.807) is 6.92 Å². The van der Waals surface area contributed by atoms with Crippen molar-refractivity contribution in [3.8, 4) is 16.9 Å². The zero-order chi connectivity index (χ0) is 17.9. The summed E-state index contributed by atoms with van der Waals surface area (Å²) in [6.45, 7) is 6.38. The summed E-state index contributed by atoms with van der Waals surface area (Å²) < 4.78 is 10.9. The molecule has 0 saturated carbocycles. The molecule has 0 aliphatic rings. The summed E-state index contributed by atoms with van der Waals surface area (Å²) in [4.78, 5) is 11.2. The maximum Gasteiger partial charge on any atom is 0.333 e. The first kappa shape index (κ1) is 18.8. The van der Waals surface area contributed by atoms with E-state index in [9.17, 15) is 4.79 Å². The predicted molar refractivity (Wildman–Crippen MR) is 102 cm³/mol. The number of esters is 1. The van der Waals surface area contributed by atoms with Crippen LogP contribution in [0.15, 0.2) is 66.7 Å². The van der Waals surface area contributed by atoms with Gasteiger partial charge in [-0.15, -0.1) is 0 Å². The van der Waals surface area contributed by atoms with Crippen molar-refractivity contribution in [2.75, 3.05) is 13.2 Å². The Morgan fingerprint density at radius 3 is 2.28 bits per heavy atom. The Bertz CT molecular complexity index is 677. The number of carbonyl (C=O) groups is 1. The van der Waals surface area contributed by atoms with Crippen LogP contribution in [-0.2, 0) is 9.53 Å². The van der Waals surface area contributed by atoms with E-state index >= 15 is 0 Å². The largest absolute Gasteiger partial charge is 0.494 e. The van der Waals surface area contributed by atoms with E-state index in [1.807, 2.05) is 30.3 Å². The molecule has 2 aromatic rings. The highest BCUT2D eigenvalue weighted by atomic mass is 16.5. The van der Waals surface area contributed by atoms with Crippen molar-refractivity contribution < 1.29 is 14.3 Å². The van der Waals surface area contributed by atoms with Gasteiger partial charge in [-0.05, 0) is 55.9 Å². The fraction of sp³-hybridized carbons (Fsp3) is 0.318. The van der Waals surface area contributed by atoms with Crippen molar-refractivity contribution >= 4 is 5.97 Å². The molecule has 0 unspecified atom stereocenters. The van der Waals surface area contributed by atoms with E-state index in [0.717, 1.165) is 37.0 Å². The third kappa shape index (κ3) is 6.84. The summed E-state index contributed by atoms with van der Waals surface area (Å²) in [5.74, 6) is 0.596. The van der Waals surface area contributed by atoms with Gasteiger partial charge in [-0.3, -0.25) is 0 Å². The molecule has 132 valence electrons. The lowest BCUT2D eigenvalue weighted by Crippen LogP contribution is -2.06. The van der Waals surface area contributed by atoms with E-state index < -0.39 is 0 Å². The Morgan fingerprint density at radius 1 is 0.880 bits per heavy atom. The van der Waals surface area contributed by atoms with E-state index in [2.05, 4.69) is 30.8 Å². The van der Waals surface area contributed by atoms with Crippen molar-refractivity contribution in [2.45, 2.75) is 32.6 Å². The van der Waals surface area contributed by atoms with Crippen molar-refractivity contribution in [3.63, 3.8) is 0 Å². The van der Waals surface area contributed by atoms with Crippen LogP contribution in [0.4, 0.5) is 0 Å². The van der Waals surface area contributed by atoms with Gasteiger partial charge in [0.15, 0.2) is 0 Å². The molecule has 0 saturated heterocycles. The molecule has 0 aliphatic carbocycles.